The minimum Gasteiger partial charge on any atom is -0.298 e. The maximum atomic E-state index is 13.4. The summed E-state index contributed by atoms with van der Waals surface area (Å²) < 4.78 is 0.349. The van der Waals surface area contributed by atoms with E-state index in [-0.39, 0.29) is 10.8 Å². The van der Waals surface area contributed by atoms with Crippen LogP contribution < -0.4 is 0 Å². The van der Waals surface area contributed by atoms with Crippen molar-refractivity contribution in [2.45, 2.75) is 16.9 Å². The van der Waals surface area contributed by atoms with Crippen molar-refractivity contribution in [1.82, 2.24) is 0 Å². The topological polar surface area (TPSA) is 17.1 Å². The van der Waals surface area contributed by atoms with E-state index < -0.39 is 0 Å². The molecule has 3 spiro atoms. The highest BCUT2D eigenvalue weighted by Gasteiger charge is 2.98. The van der Waals surface area contributed by atoms with Crippen LogP contribution in [0.5, 0.6) is 0 Å². The smallest absolute Gasteiger partial charge is 0.147 e. The quantitative estimate of drug-likeness (QED) is 0.682. The average Bonchev–Trinajstić information content (AvgIpc) is 3.06. The van der Waals surface area contributed by atoms with Crippen LogP contribution in [0.25, 0.3) is 0 Å². The molecule has 0 aromatic carbocycles. The molecule has 0 radical (unpaired) electrons. The maximum Gasteiger partial charge on any atom is 0.147 e. The molecule has 108 valence electrons. The molecule has 5 saturated carbocycles. The lowest BCUT2D eigenvalue weighted by molar-refractivity contribution is -0.156. The van der Waals surface area contributed by atoms with E-state index in [4.69, 9.17) is 0 Å². The lowest BCUT2D eigenvalue weighted by Gasteiger charge is -2.69. The van der Waals surface area contributed by atoms with Crippen LogP contribution in [0.1, 0.15) is 12.8 Å². The molecular formula is C18H18OS2. The zero-order chi connectivity index (χ0) is 13.6. The number of hydrogen-bond acceptors (Lipinski definition) is 3. The summed E-state index contributed by atoms with van der Waals surface area (Å²) >= 11 is 4.52. The van der Waals surface area contributed by atoms with Gasteiger partial charge in [0.1, 0.15) is 5.78 Å². The number of fused-ring (bicyclic) bond motifs is 2. The molecule has 0 aromatic rings. The van der Waals surface area contributed by atoms with E-state index in [1.807, 2.05) is 0 Å². The minimum absolute atomic E-state index is 0.0686. The van der Waals surface area contributed by atoms with E-state index >= 15 is 0 Å². The molecule has 6 aliphatic carbocycles. The molecule has 7 rings (SSSR count). The Morgan fingerprint density at radius 1 is 1.00 bits per heavy atom. The summed E-state index contributed by atoms with van der Waals surface area (Å²) in [5.74, 6) is 7.62. The Morgan fingerprint density at radius 2 is 1.81 bits per heavy atom. The molecule has 2 bridgehead atoms. The predicted molar refractivity (Wildman–Crippen MR) is 86.0 cm³/mol. The van der Waals surface area contributed by atoms with Crippen LogP contribution >= 0.6 is 23.5 Å². The van der Waals surface area contributed by atoms with Gasteiger partial charge in [-0.15, -0.1) is 23.5 Å². The molecule has 8 unspecified atom stereocenters. The van der Waals surface area contributed by atoms with Crippen LogP contribution in [0, 0.1) is 46.3 Å². The number of carbonyl (C=O) groups is 1. The van der Waals surface area contributed by atoms with Crippen molar-refractivity contribution in [1.29, 1.82) is 0 Å². The molecule has 1 saturated heterocycles. The van der Waals surface area contributed by atoms with Crippen molar-refractivity contribution >= 4 is 29.3 Å². The fourth-order valence-corrected chi connectivity index (χ4v) is 13.0. The average molecular weight is 314 g/mol. The Kier molecular flexibility index (Phi) is 1.60. The number of hydrogen-bond donors (Lipinski definition) is 0. The Labute approximate surface area is 133 Å². The van der Waals surface area contributed by atoms with Gasteiger partial charge in [-0.25, -0.2) is 0 Å². The van der Waals surface area contributed by atoms with Crippen LogP contribution in [-0.4, -0.2) is 21.4 Å². The fourth-order valence-electron chi connectivity index (χ4n) is 8.52. The molecule has 1 nitrogen and oxygen atoms in total. The van der Waals surface area contributed by atoms with E-state index in [0.717, 1.165) is 23.7 Å². The van der Waals surface area contributed by atoms with E-state index in [1.165, 1.54) is 24.3 Å². The number of Topliss-reactive ketones (excluding diaryl/α,β-unsaturated/α-hetero) is 1. The third kappa shape index (κ3) is 0.734. The lowest BCUT2D eigenvalue weighted by Crippen LogP contribution is -2.71. The first-order valence-corrected chi connectivity index (χ1v) is 10.5. The van der Waals surface area contributed by atoms with Crippen molar-refractivity contribution in [2.24, 2.45) is 46.3 Å². The van der Waals surface area contributed by atoms with E-state index in [9.17, 15) is 4.79 Å². The molecule has 1 aliphatic heterocycles. The summed E-state index contributed by atoms with van der Waals surface area (Å²) in [6.45, 7) is 0. The van der Waals surface area contributed by atoms with Gasteiger partial charge in [0.05, 0.1) is 9.49 Å². The highest BCUT2D eigenvalue weighted by molar-refractivity contribution is 8.18. The van der Waals surface area contributed by atoms with E-state index in [2.05, 4.69) is 47.8 Å². The van der Waals surface area contributed by atoms with Crippen LogP contribution in [-0.2, 0) is 4.79 Å². The highest BCUT2D eigenvalue weighted by atomic mass is 32.2. The van der Waals surface area contributed by atoms with Gasteiger partial charge in [0.25, 0.3) is 0 Å². The van der Waals surface area contributed by atoms with Crippen molar-refractivity contribution in [3.05, 3.63) is 24.3 Å². The summed E-state index contributed by atoms with van der Waals surface area (Å²) in [7, 11) is 0. The first kappa shape index (κ1) is 11.4. The molecule has 21 heavy (non-hydrogen) atoms. The van der Waals surface area contributed by atoms with Gasteiger partial charge < -0.3 is 0 Å². The van der Waals surface area contributed by atoms with Crippen molar-refractivity contribution in [3.63, 3.8) is 0 Å². The SMILES string of the molecule is O=C1C2C3CC4C2C2(SCCCS2)C25C=CC=CC12C3C45. The van der Waals surface area contributed by atoms with Gasteiger partial charge in [-0.2, -0.15) is 0 Å². The maximum absolute atomic E-state index is 13.4. The molecule has 0 aromatic heterocycles. The molecule has 7 aliphatic rings. The predicted octanol–water partition coefficient (Wildman–Crippen LogP) is 3.38. The molecule has 6 fully saturated rings. The van der Waals surface area contributed by atoms with E-state index in [1.54, 1.807) is 0 Å². The monoisotopic (exact) mass is 314 g/mol. The van der Waals surface area contributed by atoms with Crippen LogP contribution in [0.3, 0.4) is 0 Å². The summed E-state index contributed by atoms with van der Waals surface area (Å²) in [6.07, 6.45) is 12.1. The Bertz CT molecular complexity index is 675. The third-order valence-corrected chi connectivity index (χ3v) is 12.1. The largest absolute Gasteiger partial charge is 0.298 e. The first-order chi connectivity index (χ1) is 10.3. The van der Waals surface area contributed by atoms with Crippen LogP contribution in [0.2, 0.25) is 0 Å². The van der Waals surface area contributed by atoms with Gasteiger partial charge in [0.15, 0.2) is 0 Å². The minimum atomic E-state index is -0.0686. The normalized spacial score (nSPS) is 65.4. The summed E-state index contributed by atoms with van der Waals surface area (Å²) in [4.78, 5) is 13.4. The fraction of sp³-hybridized carbons (Fsp3) is 0.722. The highest BCUT2D eigenvalue weighted by Crippen LogP contribution is 2.97. The first-order valence-electron chi connectivity index (χ1n) is 8.49. The number of ketones is 1. The standard InChI is InChI=1S/C18H18OS2/c19-15-11-9-8-10-12(11)18(20-6-3-7-21-18)17-5-2-1-4-16(15,17)13(9)14(10)17/h1-2,4-5,9-14H,3,6-8H2. The zero-order valence-electron chi connectivity index (χ0n) is 11.8. The second-order valence-electron chi connectivity index (χ2n) is 8.21. The molecule has 8 atom stereocenters. The lowest BCUT2D eigenvalue weighted by atomic mass is 9.38. The Hall–Kier alpha value is -0.150. The Morgan fingerprint density at radius 3 is 2.67 bits per heavy atom. The van der Waals surface area contributed by atoms with Gasteiger partial charge in [0, 0.05) is 11.3 Å². The molecule has 3 heteroatoms. The number of thioether (sulfide) groups is 2. The van der Waals surface area contributed by atoms with Crippen molar-refractivity contribution in [3.8, 4) is 0 Å². The molecule has 0 amide bonds. The third-order valence-electron chi connectivity index (χ3n) is 8.38. The molecule has 0 N–H and O–H groups in total. The van der Waals surface area contributed by atoms with Gasteiger partial charge >= 0.3 is 0 Å². The number of rotatable bonds is 0. The second kappa shape index (κ2) is 2.96. The van der Waals surface area contributed by atoms with Crippen molar-refractivity contribution in [2.75, 3.05) is 11.5 Å². The molecule has 1 heterocycles. The van der Waals surface area contributed by atoms with Gasteiger partial charge in [-0.3, -0.25) is 4.79 Å². The van der Waals surface area contributed by atoms with Crippen LogP contribution in [0.4, 0.5) is 0 Å². The summed E-state index contributed by atoms with van der Waals surface area (Å²) in [5.41, 5.74) is 0.129. The van der Waals surface area contributed by atoms with Gasteiger partial charge in [-0.1, -0.05) is 24.3 Å². The number of carbonyl (C=O) groups excluding carboxylic acids is 1. The number of allylic oxidation sites excluding steroid dienone is 4. The van der Waals surface area contributed by atoms with Crippen LogP contribution in [0.15, 0.2) is 24.3 Å². The van der Waals surface area contributed by atoms with Gasteiger partial charge in [-0.05, 0) is 53.9 Å². The van der Waals surface area contributed by atoms with Gasteiger partial charge in [0.2, 0.25) is 0 Å². The van der Waals surface area contributed by atoms with E-state index in [0.29, 0.717) is 21.7 Å². The molecular weight excluding hydrogens is 296 g/mol. The summed E-state index contributed by atoms with van der Waals surface area (Å²) in [6, 6.07) is 0. The summed E-state index contributed by atoms with van der Waals surface area (Å²) in [5, 5.41) is 0. The second-order valence-corrected chi connectivity index (χ2v) is 11.1. The zero-order valence-corrected chi connectivity index (χ0v) is 13.5. The Balaban J connectivity index is 1.61. The van der Waals surface area contributed by atoms with Crippen molar-refractivity contribution < 1.29 is 4.79 Å².